The van der Waals surface area contributed by atoms with Crippen molar-refractivity contribution < 1.29 is 4.74 Å². The van der Waals surface area contributed by atoms with Gasteiger partial charge in [-0.15, -0.1) is 11.6 Å². The molecule has 0 spiro atoms. The Morgan fingerprint density at radius 1 is 1.29 bits per heavy atom. The van der Waals surface area contributed by atoms with Gasteiger partial charge in [-0.3, -0.25) is 0 Å². The van der Waals surface area contributed by atoms with Crippen molar-refractivity contribution in [3.63, 3.8) is 0 Å². The zero-order valence-electron chi connectivity index (χ0n) is 8.62. The molecule has 1 heterocycles. The summed E-state index contributed by atoms with van der Waals surface area (Å²) in [5.41, 5.74) is 0. The zero-order chi connectivity index (χ0) is 9.80. The van der Waals surface area contributed by atoms with E-state index in [0.29, 0.717) is 12.0 Å². The minimum Gasteiger partial charge on any atom is -0.378 e. The average Bonchev–Trinajstić information content (AvgIpc) is 2.30. The maximum Gasteiger partial charge on any atom is 0.0645 e. The van der Waals surface area contributed by atoms with Crippen molar-refractivity contribution in [1.29, 1.82) is 0 Å². The molecule has 0 saturated carbocycles. The molecule has 1 fully saturated rings. The van der Waals surface area contributed by atoms with Gasteiger partial charge in [-0.25, -0.2) is 0 Å². The summed E-state index contributed by atoms with van der Waals surface area (Å²) in [6.07, 6.45) is 11.2. The van der Waals surface area contributed by atoms with Crippen molar-refractivity contribution in [1.82, 2.24) is 0 Å². The average molecular weight is 215 g/mol. The molecule has 2 aliphatic rings. The van der Waals surface area contributed by atoms with Gasteiger partial charge in [0.05, 0.1) is 6.10 Å². The summed E-state index contributed by atoms with van der Waals surface area (Å²) < 4.78 is 5.90. The minimum absolute atomic E-state index is 0.436. The molecule has 1 saturated heterocycles. The molecule has 2 rings (SSSR count). The fourth-order valence-corrected chi connectivity index (χ4v) is 3.00. The predicted octanol–water partition coefficient (Wildman–Crippen LogP) is 3.38. The summed E-state index contributed by atoms with van der Waals surface area (Å²) in [4.78, 5) is 0. The standard InChI is InChI=1S/C12H19ClO/c13-9-11-7-4-8-14-12(11)10-5-2-1-3-6-10/h1-2,10-12H,3-9H2. The van der Waals surface area contributed by atoms with E-state index in [1.807, 2.05) is 0 Å². The molecule has 0 N–H and O–H groups in total. The second kappa shape index (κ2) is 5.18. The van der Waals surface area contributed by atoms with E-state index in [9.17, 15) is 0 Å². The molecule has 1 aliphatic heterocycles. The van der Waals surface area contributed by atoms with E-state index in [4.69, 9.17) is 16.3 Å². The fraction of sp³-hybridized carbons (Fsp3) is 0.833. The van der Waals surface area contributed by atoms with Gasteiger partial charge in [0.2, 0.25) is 0 Å². The Morgan fingerprint density at radius 3 is 2.93 bits per heavy atom. The van der Waals surface area contributed by atoms with Crippen LogP contribution in [0.1, 0.15) is 32.1 Å². The molecule has 3 atom stereocenters. The Bertz CT molecular complexity index is 202. The van der Waals surface area contributed by atoms with Crippen LogP contribution in [0.3, 0.4) is 0 Å². The van der Waals surface area contributed by atoms with Gasteiger partial charge in [0.15, 0.2) is 0 Å². The van der Waals surface area contributed by atoms with Gasteiger partial charge in [0.1, 0.15) is 0 Å². The number of ether oxygens (including phenoxy) is 1. The van der Waals surface area contributed by atoms with E-state index in [0.717, 1.165) is 18.4 Å². The molecule has 0 aromatic rings. The van der Waals surface area contributed by atoms with Gasteiger partial charge >= 0.3 is 0 Å². The molecular formula is C12H19ClO. The highest BCUT2D eigenvalue weighted by atomic mass is 35.5. The lowest BCUT2D eigenvalue weighted by Crippen LogP contribution is -2.37. The van der Waals surface area contributed by atoms with E-state index < -0.39 is 0 Å². The van der Waals surface area contributed by atoms with Gasteiger partial charge < -0.3 is 4.74 Å². The summed E-state index contributed by atoms with van der Waals surface area (Å²) in [7, 11) is 0. The van der Waals surface area contributed by atoms with Crippen molar-refractivity contribution in [2.24, 2.45) is 11.8 Å². The van der Waals surface area contributed by atoms with Gasteiger partial charge in [-0.05, 0) is 43.9 Å². The second-order valence-corrected chi connectivity index (χ2v) is 4.75. The normalized spacial score (nSPS) is 38.5. The molecule has 0 radical (unpaired) electrons. The summed E-state index contributed by atoms with van der Waals surface area (Å²) in [5, 5.41) is 0. The maximum atomic E-state index is 6.00. The van der Waals surface area contributed by atoms with E-state index >= 15 is 0 Å². The molecule has 1 aliphatic carbocycles. The SMILES string of the molecule is ClCC1CCCOC1C1CC=CCC1. The number of rotatable bonds is 2. The predicted molar refractivity (Wildman–Crippen MR) is 59.7 cm³/mol. The number of halogens is 1. The van der Waals surface area contributed by atoms with Crippen LogP contribution in [0.4, 0.5) is 0 Å². The smallest absolute Gasteiger partial charge is 0.0645 e. The first-order chi connectivity index (χ1) is 6.92. The van der Waals surface area contributed by atoms with Crippen LogP contribution in [0.2, 0.25) is 0 Å². The Kier molecular flexibility index (Phi) is 3.89. The summed E-state index contributed by atoms with van der Waals surface area (Å²) in [5.74, 6) is 2.09. The van der Waals surface area contributed by atoms with Crippen molar-refractivity contribution in [3.05, 3.63) is 12.2 Å². The van der Waals surface area contributed by atoms with E-state index in [-0.39, 0.29) is 0 Å². The molecule has 80 valence electrons. The fourth-order valence-electron chi connectivity index (χ4n) is 2.67. The highest BCUT2D eigenvalue weighted by Crippen LogP contribution is 2.33. The Morgan fingerprint density at radius 2 is 2.21 bits per heavy atom. The molecule has 0 aromatic heterocycles. The van der Waals surface area contributed by atoms with E-state index in [2.05, 4.69) is 12.2 Å². The van der Waals surface area contributed by atoms with E-state index in [1.165, 1.54) is 32.1 Å². The van der Waals surface area contributed by atoms with Crippen LogP contribution >= 0.6 is 11.6 Å². The number of allylic oxidation sites excluding steroid dienone is 2. The quantitative estimate of drug-likeness (QED) is 0.506. The van der Waals surface area contributed by atoms with Gasteiger partial charge in [-0.1, -0.05) is 12.2 Å². The van der Waals surface area contributed by atoms with Crippen LogP contribution in [-0.2, 0) is 4.74 Å². The first-order valence-electron chi connectivity index (χ1n) is 5.74. The van der Waals surface area contributed by atoms with Gasteiger partial charge in [0, 0.05) is 12.5 Å². The molecular weight excluding hydrogens is 196 g/mol. The molecule has 14 heavy (non-hydrogen) atoms. The number of hydrogen-bond acceptors (Lipinski definition) is 1. The molecule has 2 heteroatoms. The minimum atomic E-state index is 0.436. The zero-order valence-corrected chi connectivity index (χ0v) is 9.38. The summed E-state index contributed by atoms with van der Waals surface area (Å²) >= 11 is 6.00. The molecule has 3 unspecified atom stereocenters. The van der Waals surface area contributed by atoms with E-state index in [1.54, 1.807) is 0 Å². The molecule has 0 bridgehead atoms. The van der Waals surface area contributed by atoms with Crippen molar-refractivity contribution in [2.75, 3.05) is 12.5 Å². The van der Waals surface area contributed by atoms with Crippen LogP contribution in [-0.4, -0.2) is 18.6 Å². The van der Waals surface area contributed by atoms with Crippen LogP contribution in [0.5, 0.6) is 0 Å². The highest BCUT2D eigenvalue weighted by Gasteiger charge is 2.31. The summed E-state index contributed by atoms with van der Waals surface area (Å²) in [6, 6.07) is 0. The lowest BCUT2D eigenvalue weighted by Gasteiger charge is -2.36. The topological polar surface area (TPSA) is 9.23 Å². The van der Waals surface area contributed by atoms with Crippen molar-refractivity contribution >= 4 is 11.6 Å². The third-order valence-electron chi connectivity index (χ3n) is 3.47. The Hall–Kier alpha value is -0.0100. The largest absolute Gasteiger partial charge is 0.378 e. The molecule has 1 nitrogen and oxygen atoms in total. The van der Waals surface area contributed by atoms with Crippen LogP contribution in [0.25, 0.3) is 0 Å². The number of hydrogen-bond donors (Lipinski definition) is 0. The van der Waals surface area contributed by atoms with Crippen LogP contribution in [0.15, 0.2) is 12.2 Å². The van der Waals surface area contributed by atoms with Crippen LogP contribution in [0, 0.1) is 11.8 Å². The van der Waals surface area contributed by atoms with Gasteiger partial charge in [0.25, 0.3) is 0 Å². The third kappa shape index (κ3) is 2.32. The molecule has 0 amide bonds. The van der Waals surface area contributed by atoms with Crippen molar-refractivity contribution in [2.45, 2.75) is 38.2 Å². The third-order valence-corrected chi connectivity index (χ3v) is 3.86. The number of alkyl halides is 1. The first kappa shape index (κ1) is 10.5. The lowest BCUT2D eigenvalue weighted by atomic mass is 9.81. The van der Waals surface area contributed by atoms with Gasteiger partial charge in [-0.2, -0.15) is 0 Å². The van der Waals surface area contributed by atoms with Crippen molar-refractivity contribution in [3.8, 4) is 0 Å². The summed E-state index contributed by atoms with van der Waals surface area (Å²) in [6.45, 7) is 0.943. The lowest BCUT2D eigenvalue weighted by molar-refractivity contribution is -0.0558. The highest BCUT2D eigenvalue weighted by molar-refractivity contribution is 6.18. The maximum absolute atomic E-state index is 6.00. The Balaban J connectivity index is 1.95. The van der Waals surface area contributed by atoms with Crippen LogP contribution < -0.4 is 0 Å². The molecule has 0 aromatic carbocycles. The monoisotopic (exact) mass is 214 g/mol. The second-order valence-electron chi connectivity index (χ2n) is 4.44. The first-order valence-corrected chi connectivity index (χ1v) is 6.28. The Labute approximate surface area is 91.5 Å².